The predicted molar refractivity (Wildman–Crippen MR) is 61.1 cm³/mol. The van der Waals surface area contributed by atoms with Gasteiger partial charge >= 0.3 is 0 Å². The zero-order valence-electron chi connectivity index (χ0n) is 9.36. The third-order valence-electron chi connectivity index (χ3n) is 2.31. The van der Waals surface area contributed by atoms with Gasteiger partial charge in [0, 0.05) is 6.04 Å². The van der Waals surface area contributed by atoms with Gasteiger partial charge in [-0.05, 0) is 31.0 Å². The number of benzene rings is 1. The molecule has 3 N–H and O–H groups in total. The van der Waals surface area contributed by atoms with Gasteiger partial charge in [-0.15, -0.1) is 0 Å². The summed E-state index contributed by atoms with van der Waals surface area (Å²) >= 11 is 0. The quantitative estimate of drug-likeness (QED) is 0.783. The minimum atomic E-state index is 0.0230. The van der Waals surface area contributed by atoms with Crippen molar-refractivity contribution in [2.75, 3.05) is 6.61 Å². The molecule has 0 aromatic heterocycles. The van der Waals surface area contributed by atoms with Crippen LogP contribution in [0.1, 0.15) is 38.3 Å². The van der Waals surface area contributed by atoms with Gasteiger partial charge in [0.2, 0.25) is 0 Å². The number of rotatable bonds is 5. The fraction of sp³-hybridized carbons (Fsp3) is 0.500. The van der Waals surface area contributed by atoms with E-state index in [-0.39, 0.29) is 11.8 Å². The summed E-state index contributed by atoms with van der Waals surface area (Å²) in [6, 6.07) is 5.32. The highest BCUT2D eigenvalue weighted by molar-refractivity contribution is 5.42. The Morgan fingerprint density at radius 2 is 2.13 bits per heavy atom. The zero-order chi connectivity index (χ0) is 11.3. The Hall–Kier alpha value is -1.22. The van der Waals surface area contributed by atoms with Crippen LogP contribution in [0.4, 0.5) is 0 Å². The number of phenolic OH excluding ortho intramolecular Hbond substituents is 1. The van der Waals surface area contributed by atoms with Crippen molar-refractivity contribution in [3.05, 3.63) is 23.8 Å². The SMILES string of the molecule is CCC[C@H](N)c1ccc(O)c(OCC)c1. The molecule has 0 spiro atoms. The third kappa shape index (κ3) is 3.13. The van der Waals surface area contributed by atoms with Crippen molar-refractivity contribution in [3.8, 4) is 11.5 Å². The molecule has 0 amide bonds. The van der Waals surface area contributed by atoms with E-state index in [1.807, 2.05) is 19.1 Å². The fourth-order valence-electron chi connectivity index (χ4n) is 1.51. The van der Waals surface area contributed by atoms with Crippen molar-refractivity contribution < 1.29 is 9.84 Å². The van der Waals surface area contributed by atoms with Crippen molar-refractivity contribution in [1.29, 1.82) is 0 Å². The van der Waals surface area contributed by atoms with Gasteiger partial charge in [0.25, 0.3) is 0 Å². The molecule has 1 aromatic rings. The molecule has 1 aromatic carbocycles. The topological polar surface area (TPSA) is 55.5 Å². The second kappa shape index (κ2) is 5.61. The average molecular weight is 209 g/mol. The monoisotopic (exact) mass is 209 g/mol. The molecule has 0 aliphatic rings. The van der Waals surface area contributed by atoms with E-state index >= 15 is 0 Å². The van der Waals surface area contributed by atoms with Crippen LogP contribution in [0.15, 0.2) is 18.2 Å². The van der Waals surface area contributed by atoms with Gasteiger partial charge in [-0.3, -0.25) is 0 Å². The fourth-order valence-corrected chi connectivity index (χ4v) is 1.51. The van der Waals surface area contributed by atoms with Gasteiger partial charge in [-0.1, -0.05) is 19.4 Å². The average Bonchev–Trinajstić information content (AvgIpc) is 2.22. The summed E-state index contributed by atoms with van der Waals surface area (Å²) in [5.74, 6) is 0.686. The summed E-state index contributed by atoms with van der Waals surface area (Å²) in [5.41, 5.74) is 7.00. The summed E-state index contributed by atoms with van der Waals surface area (Å²) in [5, 5.41) is 9.51. The zero-order valence-corrected chi connectivity index (χ0v) is 9.36. The lowest BCUT2D eigenvalue weighted by Crippen LogP contribution is -2.09. The number of nitrogens with two attached hydrogens (primary N) is 1. The van der Waals surface area contributed by atoms with Gasteiger partial charge in [-0.2, -0.15) is 0 Å². The highest BCUT2D eigenvalue weighted by Crippen LogP contribution is 2.29. The molecular weight excluding hydrogens is 190 g/mol. The van der Waals surface area contributed by atoms with Crippen LogP contribution in [0.5, 0.6) is 11.5 Å². The number of ether oxygens (including phenoxy) is 1. The Labute approximate surface area is 90.9 Å². The number of hydrogen-bond acceptors (Lipinski definition) is 3. The molecule has 0 saturated carbocycles. The van der Waals surface area contributed by atoms with E-state index in [0.717, 1.165) is 18.4 Å². The van der Waals surface area contributed by atoms with Crippen LogP contribution in [-0.2, 0) is 0 Å². The maximum atomic E-state index is 9.51. The standard InChI is InChI=1S/C12H19NO2/c1-3-5-10(13)9-6-7-11(14)12(8-9)15-4-2/h6-8,10,14H,3-5,13H2,1-2H3/t10-/m0/s1. The van der Waals surface area contributed by atoms with E-state index in [4.69, 9.17) is 10.5 Å². The van der Waals surface area contributed by atoms with E-state index in [9.17, 15) is 5.11 Å². The Balaban J connectivity index is 2.86. The molecule has 0 unspecified atom stereocenters. The Bertz CT molecular complexity index is 312. The van der Waals surface area contributed by atoms with Crippen LogP contribution in [0.25, 0.3) is 0 Å². The van der Waals surface area contributed by atoms with E-state index < -0.39 is 0 Å². The van der Waals surface area contributed by atoms with Crippen molar-refractivity contribution in [2.45, 2.75) is 32.7 Å². The van der Waals surface area contributed by atoms with Crippen LogP contribution < -0.4 is 10.5 Å². The number of aromatic hydroxyl groups is 1. The molecule has 3 heteroatoms. The largest absolute Gasteiger partial charge is 0.504 e. The van der Waals surface area contributed by atoms with Crippen molar-refractivity contribution in [3.63, 3.8) is 0 Å². The van der Waals surface area contributed by atoms with Crippen LogP contribution in [0.3, 0.4) is 0 Å². The minimum absolute atomic E-state index is 0.0230. The number of phenols is 1. The maximum absolute atomic E-state index is 9.51. The summed E-state index contributed by atoms with van der Waals surface area (Å²) in [6.07, 6.45) is 1.99. The Morgan fingerprint density at radius 3 is 2.73 bits per heavy atom. The molecule has 1 rings (SSSR count). The van der Waals surface area contributed by atoms with Gasteiger partial charge < -0.3 is 15.6 Å². The van der Waals surface area contributed by atoms with Crippen LogP contribution >= 0.6 is 0 Å². The molecule has 15 heavy (non-hydrogen) atoms. The molecule has 0 saturated heterocycles. The Kier molecular flexibility index (Phi) is 4.43. The lowest BCUT2D eigenvalue weighted by Gasteiger charge is -2.13. The molecule has 0 radical (unpaired) electrons. The molecule has 0 fully saturated rings. The lowest BCUT2D eigenvalue weighted by atomic mass is 10.0. The summed E-state index contributed by atoms with van der Waals surface area (Å²) < 4.78 is 5.30. The third-order valence-corrected chi connectivity index (χ3v) is 2.31. The lowest BCUT2D eigenvalue weighted by molar-refractivity contribution is 0.317. The summed E-state index contributed by atoms with van der Waals surface area (Å²) in [4.78, 5) is 0. The van der Waals surface area contributed by atoms with Crippen LogP contribution in [0, 0.1) is 0 Å². The van der Waals surface area contributed by atoms with Crippen molar-refractivity contribution in [2.24, 2.45) is 5.73 Å². The van der Waals surface area contributed by atoms with Gasteiger partial charge in [-0.25, -0.2) is 0 Å². The molecular formula is C12H19NO2. The molecule has 0 bridgehead atoms. The molecule has 0 aliphatic heterocycles. The van der Waals surface area contributed by atoms with Gasteiger partial charge in [0.1, 0.15) is 0 Å². The first-order chi connectivity index (χ1) is 7.19. The van der Waals surface area contributed by atoms with E-state index in [1.165, 1.54) is 0 Å². The Morgan fingerprint density at radius 1 is 1.40 bits per heavy atom. The summed E-state index contributed by atoms with van der Waals surface area (Å²) in [7, 11) is 0. The smallest absolute Gasteiger partial charge is 0.161 e. The second-order valence-corrected chi connectivity index (χ2v) is 3.56. The number of hydrogen-bond donors (Lipinski definition) is 2. The first-order valence-electron chi connectivity index (χ1n) is 5.40. The van der Waals surface area contributed by atoms with Gasteiger partial charge in [0.15, 0.2) is 11.5 Å². The highest BCUT2D eigenvalue weighted by Gasteiger charge is 2.08. The van der Waals surface area contributed by atoms with Gasteiger partial charge in [0.05, 0.1) is 6.61 Å². The predicted octanol–water partition coefficient (Wildman–Crippen LogP) is 2.59. The molecule has 1 atom stereocenters. The van der Waals surface area contributed by atoms with E-state index in [2.05, 4.69) is 6.92 Å². The second-order valence-electron chi connectivity index (χ2n) is 3.56. The van der Waals surface area contributed by atoms with Crippen molar-refractivity contribution >= 4 is 0 Å². The van der Waals surface area contributed by atoms with Crippen molar-refractivity contribution in [1.82, 2.24) is 0 Å². The molecule has 3 nitrogen and oxygen atoms in total. The normalized spacial score (nSPS) is 12.5. The molecule has 84 valence electrons. The first kappa shape index (κ1) is 11.9. The minimum Gasteiger partial charge on any atom is -0.504 e. The van der Waals surface area contributed by atoms with Crippen LogP contribution in [-0.4, -0.2) is 11.7 Å². The highest BCUT2D eigenvalue weighted by atomic mass is 16.5. The van der Waals surface area contributed by atoms with E-state index in [0.29, 0.717) is 12.4 Å². The first-order valence-corrected chi connectivity index (χ1v) is 5.40. The molecule has 0 aliphatic carbocycles. The van der Waals surface area contributed by atoms with Crippen LogP contribution in [0.2, 0.25) is 0 Å². The maximum Gasteiger partial charge on any atom is 0.161 e. The summed E-state index contributed by atoms with van der Waals surface area (Å²) in [6.45, 7) is 4.53. The van der Waals surface area contributed by atoms with E-state index in [1.54, 1.807) is 6.07 Å². The molecule has 0 heterocycles.